The van der Waals surface area contributed by atoms with E-state index in [-0.39, 0.29) is 19.1 Å². The molecule has 2 aromatic rings. The number of anilines is 1. The Morgan fingerprint density at radius 2 is 2.08 bits per heavy atom. The molecule has 0 saturated heterocycles. The van der Waals surface area contributed by atoms with Gasteiger partial charge in [0.2, 0.25) is 5.91 Å². The summed E-state index contributed by atoms with van der Waals surface area (Å²) in [5.41, 5.74) is 2.73. The van der Waals surface area contributed by atoms with E-state index in [0.717, 1.165) is 23.4 Å². The first-order valence-electron chi connectivity index (χ1n) is 8.42. The molecule has 5 nitrogen and oxygen atoms in total. The maximum Gasteiger partial charge on any atom is 0.239 e. The molecule has 132 valence electrons. The highest BCUT2D eigenvalue weighted by molar-refractivity contribution is 5.83. The normalized spacial score (nSPS) is 18.8. The van der Waals surface area contributed by atoms with Gasteiger partial charge in [-0.15, -0.1) is 0 Å². The van der Waals surface area contributed by atoms with Gasteiger partial charge in [-0.25, -0.2) is 0 Å². The van der Waals surface area contributed by atoms with Crippen LogP contribution in [0.5, 0.6) is 5.75 Å². The van der Waals surface area contributed by atoms with Gasteiger partial charge in [-0.1, -0.05) is 30.3 Å². The van der Waals surface area contributed by atoms with Crippen LogP contribution in [0.1, 0.15) is 18.1 Å². The van der Waals surface area contributed by atoms with Crippen molar-refractivity contribution in [2.45, 2.75) is 25.4 Å². The number of carbonyl (C=O) groups is 1. The van der Waals surface area contributed by atoms with Crippen molar-refractivity contribution in [1.82, 2.24) is 5.32 Å². The highest BCUT2D eigenvalue weighted by Crippen LogP contribution is 2.38. The molecular formula is C20H24N2O3. The molecule has 25 heavy (non-hydrogen) atoms. The molecule has 0 radical (unpaired) electrons. The van der Waals surface area contributed by atoms with Crippen LogP contribution in [0.3, 0.4) is 0 Å². The number of methoxy groups -OCH3 is 1. The van der Waals surface area contributed by atoms with Crippen LogP contribution in [-0.4, -0.2) is 36.8 Å². The molecule has 5 heteroatoms. The number of nitrogens with zero attached hydrogens (tertiary/aromatic N) is 1. The van der Waals surface area contributed by atoms with E-state index in [1.54, 1.807) is 7.11 Å². The minimum atomic E-state index is -0.447. The fourth-order valence-electron chi connectivity index (χ4n) is 3.32. The van der Waals surface area contributed by atoms with Gasteiger partial charge in [0.25, 0.3) is 0 Å². The lowest BCUT2D eigenvalue weighted by Gasteiger charge is -2.35. The van der Waals surface area contributed by atoms with Crippen LogP contribution in [0.25, 0.3) is 0 Å². The van der Waals surface area contributed by atoms with Crippen LogP contribution in [-0.2, 0) is 17.8 Å². The number of amides is 1. The lowest BCUT2D eigenvalue weighted by Crippen LogP contribution is -2.51. The highest BCUT2D eigenvalue weighted by Gasteiger charge is 2.39. The third-order valence-corrected chi connectivity index (χ3v) is 4.77. The summed E-state index contributed by atoms with van der Waals surface area (Å²) in [4.78, 5) is 14.5. The molecule has 2 N–H and O–H groups in total. The van der Waals surface area contributed by atoms with Gasteiger partial charge < -0.3 is 20.1 Å². The second kappa shape index (κ2) is 7.15. The third-order valence-electron chi connectivity index (χ3n) is 4.77. The summed E-state index contributed by atoms with van der Waals surface area (Å²) in [6, 6.07) is 15.6. The fourth-order valence-corrected chi connectivity index (χ4v) is 3.32. The van der Waals surface area contributed by atoms with Crippen molar-refractivity contribution in [3.63, 3.8) is 0 Å². The first kappa shape index (κ1) is 17.3. The minimum Gasteiger partial charge on any atom is -0.497 e. The van der Waals surface area contributed by atoms with E-state index in [4.69, 9.17) is 4.74 Å². The van der Waals surface area contributed by atoms with Crippen LogP contribution in [0.2, 0.25) is 0 Å². The van der Waals surface area contributed by atoms with Crippen molar-refractivity contribution in [1.29, 1.82) is 0 Å². The van der Waals surface area contributed by atoms with Gasteiger partial charge in [0.05, 0.1) is 25.8 Å². The Morgan fingerprint density at radius 1 is 1.28 bits per heavy atom. The van der Waals surface area contributed by atoms with Gasteiger partial charge in [-0.05, 0) is 42.7 Å². The molecule has 0 aliphatic carbocycles. The number of para-hydroxylation sites is 1. The molecule has 2 aromatic carbocycles. The van der Waals surface area contributed by atoms with Crippen LogP contribution in [0, 0.1) is 0 Å². The van der Waals surface area contributed by atoms with Crippen LogP contribution in [0.4, 0.5) is 5.69 Å². The number of carbonyl (C=O) groups excluding carboxylic acids is 1. The average Bonchev–Trinajstić information content (AvgIpc) is 2.93. The zero-order valence-electron chi connectivity index (χ0n) is 14.7. The van der Waals surface area contributed by atoms with Crippen molar-refractivity contribution >= 4 is 11.6 Å². The standard InChI is InChI=1S/C20H24N2O3/c1-20(14-23)11-16-7-3-4-9-18(16)22(20)13-19(24)21-12-15-6-5-8-17(10-15)25-2/h3-10,23H,11-14H2,1-2H3,(H,21,24)/t20-/m0/s1. The van der Waals surface area contributed by atoms with E-state index < -0.39 is 5.54 Å². The predicted molar refractivity (Wildman–Crippen MR) is 97.8 cm³/mol. The Bertz CT molecular complexity index is 762. The van der Waals surface area contributed by atoms with Gasteiger partial charge in [0.1, 0.15) is 5.75 Å². The second-order valence-corrected chi connectivity index (χ2v) is 6.67. The molecule has 1 amide bonds. The topological polar surface area (TPSA) is 61.8 Å². The summed E-state index contributed by atoms with van der Waals surface area (Å²) in [5, 5.41) is 12.8. The Hall–Kier alpha value is -2.53. The van der Waals surface area contributed by atoms with Crippen LogP contribution < -0.4 is 15.0 Å². The Labute approximate surface area is 148 Å². The molecule has 1 aliphatic rings. The molecule has 1 heterocycles. The highest BCUT2D eigenvalue weighted by atomic mass is 16.5. The van der Waals surface area contributed by atoms with E-state index in [2.05, 4.69) is 11.4 Å². The summed E-state index contributed by atoms with van der Waals surface area (Å²) >= 11 is 0. The average molecular weight is 340 g/mol. The van der Waals surface area contributed by atoms with Crippen LogP contribution in [0.15, 0.2) is 48.5 Å². The maximum absolute atomic E-state index is 12.5. The number of nitrogens with one attached hydrogen (secondary N) is 1. The number of fused-ring (bicyclic) bond motifs is 1. The summed E-state index contributed by atoms with van der Waals surface area (Å²) in [5.74, 6) is 0.701. The van der Waals surface area contributed by atoms with Gasteiger partial charge in [-0.3, -0.25) is 4.79 Å². The van der Waals surface area contributed by atoms with Gasteiger partial charge in [-0.2, -0.15) is 0 Å². The van der Waals surface area contributed by atoms with Crippen molar-refractivity contribution in [2.75, 3.05) is 25.2 Å². The molecule has 0 unspecified atom stereocenters. The molecule has 0 fully saturated rings. The largest absolute Gasteiger partial charge is 0.497 e. The summed E-state index contributed by atoms with van der Waals surface area (Å²) in [7, 11) is 1.62. The molecule has 0 saturated carbocycles. The van der Waals surface area contributed by atoms with Crippen molar-refractivity contribution in [3.8, 4) is 5.75 Å². The Balaban J connectivity index is 1.67. The van der Waals surface area contributed by atoms with E-state index in [9.17, 15) is 9.90 Å². The quantitative estimate of drug-likeness (QED) is 0.846. The van der Waals surface area contributed by atoms with Gasteiger partial charge >= 0.3 is 0 Å². The van der Waals surface area contributed by atoms with E-state index in [1.165, 1.54) is 5.56 Å². The molecule has 1 aliphatic heterocycles. The number of benzene rings is 2. The summed E-state index contributed by atoms with van der Waals surface area (Å²) < 4.78 is 5.20. The zero-order chi connectivity index (χ0) is 17.9. The number of aliphatic hydroxyl groups excluding tert-OH is 1. The van der Waals surface area contributed by atoms with Gasteiger partial charge in [0.15, 0.2) is 0 Å². The first-order chi connectivity index (χ1) is 12.1. The molecular weight excluding hydrogens is 316 g/mol. The molecule has 3 rings (SSSR count). The Kier molecular flexibility index (Phi) is 4.95. The van der Waals surface area contributed by atoms with Crippen molar-refractivity contribution in [2.24, 2.45) is 0 Å². The second-order valence-electron chi connectivity index (χ2n) is 6.67. The molecule has 0 spiro atoms. The third kappa shape index (κ3) is 3.61. The van der Waals surface area contributed by atoms with E-state index >= 15 is 0 Å². The van der Waals surface area contributed by atoms with Crippen molar-refractivity contribution < 1.29 is 14.6 Å². The smallest absolute Gasteiger partial charge is 0.239 e. The first-order valence-corrected chi connectivity index (χ1v) is 8.42. The predicted octanol–water partition coefficient (Wildman–Crippen LogP) is 2.13. The maximum atomic E-state index is 12.5. The van der Waals surface area contributed by atoms with Crippen LogP contribution >= 0.6 is 0 Å². The van der Waals surface area contributed by atoms with E-state index in [1.807, 2.05) is 54.3 Å². The Morgan fingerprint density at radius 3 is 2.84 bits per heavy atom. The monoisotopic (exact) mass is 340 g/mol. The number of hydrogen-bond acceptors (Lipinski definition) is 4. The lowest BCUT2D eigenvalue weighted by atomic mass is 9.98. The fraction of sp³-hybridized carbons (Fsp3) is 0.350. The lowest BCUT2D eigenvalue weighted by molar-refractivity contribution is -0.120. The molecule has 0 bridgehead atoms. The zero-order valence-corrected chi connectivity index (χ0v) is 14.7. The number of ether oxygens (including phenoxy) is 1. The number of aliphatic hydroxyl groups is 1. The summed E-state index contributed by atoms with van der Waals surface area (Å²) in [6.45, 7) is 2.66. The molecule has 1 atom stereocenters. The minimum absolute atomic E-state index is 0.00481. The van der Waals surface area contributed by atoms with Crippen molar-refractivity contribution in [3.05, 3.63) is 59.7 Å². The number of hydrogen-bond donors (Lipinski definition) is 2. The SMILES string of the molecule is COc1cccc(CNC(=O)CN2c3ccccc3C[C@@]2(C)CO)c1. The molecule has 0 aromatic heterocycles. The summed E-state index contributed by atoms with van der Waals surface area (Å²) in [6.07, 6.45) is 0.739. The number of rotatable bonds is 6. The van der Waals surface area contributed by atoms with E-state index in [0.29, 0.717) is 6.54 Å². The van der Waals surface area contributed by atoms with Gasteiger partial charge in [0, 0.05) is 12.2 Å².